The van der Waals surface area contributed by atoms with Crippen molar-refractivity contribution in [2.75, 3.05) is 13.2 Å². The molecular formula is C12H15N3O3. The minimum Gasteiger partial charge on any atom is -0.447 e. The van der Waals surface area contributed by atoms with Crippen molar-refractivity contribution >= 4 is 12.0 Å². The van der Waals surface area contributed by atoms with Gasteiger partial charge in [-0.1, -0.05) is 13.3 Å². The number of imide groups is 1. The molecule has 0 aromatic rings. The number of carbonyl (C=O) groups is 2. The Hall–Kier alpha value is -2.08. The molecule has 0 N–H and O–H groups in total. The van der Waals surface area contributed by atoms with Gasteiger partial charge in [0.15, 0.2) is 0 Å². The monoisotopic (exact) mass is 249 g/mol. The number of rotatable bonds is 5. The zero-order valence-electron chi connectivity index (χ0n) is 10.3. The molecule has 0 spiro atoms. The Kier molecular flexibility index (Phi) is 5.13. The van der Waals surface area contributed by atoms with E-state index in [2.05, 4.69) is 4.74 Å². The zero-order chi connectivity index (χ0) is 13.5. The number of hydrogen-bond acceptors (Lipinski definition) is 5. The third-order valence-electron chi connectivity index (χ3n) is 2.91. The van der Waals surface area contributed by atoms with Gasteiger partial charge in [-0.3, -0.25) is 4.79 Å². The Morgan fingerprint density at radius 2 is 2.17 bits per heavy atom. The lowest BCUT2D eigenvalue weighted by Crippen LogP contribution is -2.34. The van der Waals surface area contributed by atoms with E-state index in [9.17, 15) is 9.59 Å². The summed E-state index contributed by atoms with van der Waals surface area (Å²) in [6.07, 6.45) is 0.790. The first-order chi connectivity index (χ1) is 8.63. The van der Waals surface area contributed by atoms with Crippen molar-refractivity contribution in [3.8, 4) is 12.1 Å². The van der Waals surface area contributed by atoms with E-state index in [4.69, 9.17) is 10.5 Å². The van der Waals surface area contributed by atoms with Crippen LogP contribution in [0.3, 0.4) is 0 Å². The number of amides is 2. The fourth-order valence-electron chi connectivity index (χ4n) is 1.95. The van der Waals surface area contributed by atoms with Gasteiger partial charge in [-0.15, -0.1) is 0 Å². The molecule has 18 heavy (non-hydrogen) atoms. The Morgan fingerprint density at radius 3 is 2.61 bits per heavy atom. The van der Waals surface area contributed by atoms with Crippen LogP contribution >= 0.6 is 0 Å². The third kappa shape index (κ3) is 3.21. The van der Waals surface area contributed by atoms with Crippen LogP contribution < -0.4 is 0 Å². The number of carbonyl (C=O) groups excluding carboxylic acids is 2. The van der Waals surface area contributed by atoms with Gasteiger partial charge in [0, 0.05) is 6.42 Å². The molecule has 1 rings (SSSR count). The lowest BCUT2D eigenvalue weighted by atomic mass is 9.87. The maximum Gasteiger partial charge on any atom is 0.416 e. The summed E-state index contributed by atoms with van der Waals surface area (Å²) < 4.78 is 4.68. The Balaban J connectivity index is 2.66. The first kappa shape index (κ1) is 14.0. The smallest absolute Gasteiger partial charge is 0.416 e. The zero-order valence-corrected chi connectivity index (χ0v) is 10.3. The molecule has 1 heterocycles. The summed E-state index contributed by atoms with van der Waals surface area (Å²) in [6.45, 7) is 2.39. The standard InChI is InChI=1S/C12H15N3O3/c1-2-3-9(10(7-13)8-14)6-11(16)15-4-5-18-12(15)17/h9-10H,2-6H2,1H3/t9-/m0/s1. The van der Waals surface area contributed by atoms with Crippen LogP contribution in [0.15, 0.2) is 0 Å². The predicted molar refractivity (Wildman–Crippen MR) is 60.8 cm³/mol. The van der Waals surface area contributed by atoms with Crippen molar-refractivity contribution in [2.45, 2.75) is 26.2 Å². The fourth-order valence-corrected chi connectivity index (χ4v) is 1.95. The summed E-state index contributed by atoms with van der Waals surface area (Å²) in [5, 5.41) is 17.7. The van der Waals surface area contributed by atoms with Crippen molar-refractivity contribution in [1.82, 2.24) is 4.90 Å². The second-order valence-electron chi connectivity index (χ2n) is 4.15. The second kappa shape index (κ2) is 6.61. The number of cyclic esters (lactones) is 1. The molecule has 1 aliphatic rings. The van der Waals surface area contributed by atoms with Gasteiger partial charge < -0.3 is 4.74 Å². The Bertz CT molecular complexity index is 394. The summed E-state index contributed by atoms with van der Waals surface area (Å²) >= 11 is 0. The van der Waals surface area contributed by atoms with Crippen molar-refractivity contribution in [2.24, 2.45) is 11.8 Å². The van der Waals surface area contributed by atoms with E-state index in [0.29, 0.717) is 6.42 Å². The maximum atomic E-state index is 11.9. The van der Waals surface area contributed by atoms with E-state index in [1.807, 2.05) is 19.1 Å². The topological polar surface area (TPSA) is 94.2 Å². The molecule has 0 unspecified atom stereocenters. The first-order valence-electron chi connectivity index (χ1n) is 5.90. The van der Waals surface area contributed by atoms with Crippen molar-refractivity contribution < 1.29 is 14.3 Å². The fraction of sp³-hybridized carbons (Fsp3) is 0.667. The van der Waals surface area contributed by atoms with Crippen LogP contribution in [-0.2, 0) is 9.53 Å². The highest BCUT2D eigenvalue weighted by atomic mass is 16.6. The largest absolute Gasteiger partial charge is 0.447 e. The quantitative estimate of drug-likeness (QED) is 0.734. The van der Waals surface area contributed by atoms with E-state index in [1.54, 1.807) is 0 Å². The van der Waals surface area contributed by atoms with Gasteiger partial charge in [-0.25, -0.2) is 9.69 Å². The van der Waals surface area contributed by atoms with Gasteiger partial charge >= 0.3 is 6.09 Å². The number of nitrogens with zero attached hydrogens (tertiary/aromatic N) is 3. The molecule has 6 nitrogen and oxygen atoms in total. The average Bonchev–Trinajstić information content (AvgIpc) is 2.77. The van der Waals surface area contributed by atoms with Crippen LogP contribution in [-0.4, -0.2) is 30.1 Å². The van der Waals surface area contributed by atoms with Gasteiger partial charge in [0.2, 0.25) is 5.91 Å². The average molecular weight is 249 g/mol. The van der Waals surface area contributed by atoms with E-state index in [-0.39, 0.29) is 31.4 Å². The van der Waals surface area contributed by atoms with E-state index < -0.39 is 12.0 Å². The van der Waals surface area contributed by atoms with Gasteiger partial charge in [0.1, 0.15) is 12.5 Å². The Morgan fingerprint density at radius 1 is 1.50 bits per heavy atom. The molecule has 0 radical (unpaired) electrons. The molecular weight excluding hydrogens is 234 g/mol. The molecule has 0 saturated carbocycles. The van der Waals surface area contributed by atoms with Gasteiger partial charge in [-0.2, -0.15) is 10.5 Å². The first-order valence-corrected chi connectivity index (χ1v) is 5.90. The van der Waals surface area contributed by atoms with Gasteiger partial charge in [0.05, 0.1) is 18.7 Å². The summed E-state index contributed by atoms with van der Waals surface area (Å²) in [7, 11) is 0. The molecule has 1 aliphatic heterocycles. The molecule has 1 fully saturated rings. The minimum atomic E-state index is -0.812. The molecule has 0 bridgehead atoms. The number of ether oxygens (including phenoxy) is 1. The maximum absolute atomic E-state index is 11.9. The van der Waals surface area contributed by atoms with Gasteiger partial charge in [-0.05, 0) is 12.3 Å². The highest BCUT2D eigenvalue weighted by molar-refractivity contribution is 5.93. The van der Waals surface area contributed by atoms with Crippen LogP contribution in [0.5, 0.6) is 0 Å². The SMILES string of the molecule is CCC[C@@H](CC(=O)N1CCOC1=O)C(C#N)C#N. The van der Waals surface area contributed by atoms with Crippen LogP contribution in [0.4, 0.5) is 4.79 Å². The van der Waals surface area contributed by atoms with Crippen molar-refractivity contribution in [3.05, 3.63) is 0 Å². The highest BCUT2D eigenvalue weighted by Gasteiger charge is 2.32. The molecule has 6 heteroatoms. The highest BCUT2D eigenvalue weighted by Crippen LogP contribution is 2.22. The molecule has 1 saturated heterocycles. The van der Waals surface area contributed by atoms with Gasteiger partial charge in [0.25, 0.3) is 0 Å². The molecule has 0 aliphatic carbocycles. The molecule has 0 aromatic heterocycles. The summed E-state index contributed by atoms with van der Waals surface area (Å²) in [4.78, 5) is 24.1. The van der Waals surface area contributed by atoms with Crippen molar-refractivity contribution in [3.63, 3.8) is 0 Å². The van der Waals surface area contributed by atoms with E-state index >= 15 is 0 Å². The third-order valence-corrected chi connectivity index (χ3v) is 2.91. The molecule has 0 aromatic carbocycles. The second-order valence-corrected chi connectivity index (χ2v) is 4.15. The van der Waals surface area contributed by atoms with Crippen LogP contribution in [0, 0.1) is 34.5 Å². The normalized spacial score (nSPS) is 16.0. The lowest BCUT2D eigenvalue weighted by molar-refractivity contribution is -0.128. The van der Waals surface area contributed by atoms with E-state index in [1.165, 1.54) is 0 Å². The summed E-state index contributed by atoms with van der Waals surface area (Å²) in [6, 6.07) is 3.79. The number of hydrogen-bond donors (Lipinski definition) is 0. The number of nitriles is 2. The minimum absolute atomic E-state index is 0.0364. The van der Waals surface area contributed by atoms with Crippen LogP contribution in [0.25, 0.3) is 0 Å². The summed E-state index contributed by atoms with van der Waals surface area (Å²) in [5.41, 5.74) is 0. The lowest BCUT2D eigenvalue weighted by Gasteiger charge is -2.18. The summed E-state index contributed by atoms with van der Waals surface area (Å²) in [5.74, 6) is -1.51. The molecule has 2 amide bonds. The van der Waals surface area contributed by atoms with Crippen LogP contribution in [0.2, 0.25) is 0 Å². The molecule has 1 atom stereocenters. The Labute approximate surface area is 106 Å². The van der Waals surface area contributed by atoms with Crippen LogP contribution in [0.1, 0.15) is 26.2 Å². The van der Waals surface area contributed by atoms with Crippen molar-refractivity contribution in [1.29, 1.82) is 10.5 Å². The molecule has 96 valence electrons. The van der Waals surface area contributed by atoms with E-state index in [0.717, 1.165) is 11.3 Å². The predicted octanol–water partition coefficient (Wildman–Crippen LogP) is 1.43.